The Morgan fingerprint density at radius 1 is 1.35 bits per heavy atom. The molecular weight excluding hydrogens is 275 g/mol. The number of thiazole rings is 1. The molecule has 20 heavy (non-hydrogen) atoms. The van der Waals surface area contributed by atoms with E-state index in [0.717, 1.165) is 5.69 Å². The second-order valence-corrected chi connectivity index (χ2v) is 6.56. The molecule has 0 saturated heterocycles. The molecule has 0 radical (unpaired) electrons. The smallest absolute Gasteiger partial charge is 0.257 e. The van der Waals surface area contributed by atoms with Gasteiger partial charge < -0.3 is 0 Å². The summed E-state index contributed by atoms with van der Waals surface area (Å²) in [6, 6.07) is 4.43. The van der Waals surface area contributed by atoms with Crippen LogP contribution >= 0.6 is 11.3 Å². The number of halogens is 1. The van der Waals surface area contributed by atoms with Gasteiger partial charge in [0.2, 0.25) is 0 Å². The van der Waals surface area contributed by atoms with Crippen LogP contribution in [0.5, 0.6) is 0 Å². The van der Waals surface area contributed by atoms with Crippen molar-refractivity contribution in [1.29, 1.82) is 0 Å². The zero-order valence-electron chi connectivity index (χ0n) is 12.0. The van der Waals surface area contributed by atoms with Crippen molar-refractivity contribution < 1.29 is 9.18 Å². The van der Waals surface area contributed by atoms with Crippen LogP contribution in [0.2, 0.25) is 0 Å². The summed E-state index contributed by atoms with van der Waals surface area (Å²) in [6.45, 7) is 7.84. The minimum atomic E-state index is -0.382. The molecule has 0 atom stereocenters. The van der Waals surface area contributed by atoms with Gasteiger partial charge in [-0.3, -0.25) is 10.1 Å². The fraction of sp³-hybridized carbons (Fsp3) is 0.333. The van der Waals surface area contributed by atoms with Crippen LogP contribution in [0, 0.1) is 12.7 Å². The van der Waals surface area contributed by atoms with Crippen LogP contribution in [-0.4, -0.2) is 10.9 Å². The lowest BCUT2D eigenvalue weighted by atomic mass is 9.93. The summed E-state index contributed by atoms with van der Waals surface area (Å²) in [5.74, 6) is -0.731. The van der Waals surface area contributed by atoms with Gasteiger partial charge in [0.25, 0.3) is 5.91 Å². The van der Waals surface area contributed by atoms with E-state index in [1.54, 1.807) is 19.1 Å². The molecule has 1 heterocycles. The number of hydrogen-bond donors (Lipinski definition) is 1. The number of aryl methyl sites for hydroxylation is 1. The Kier molecular flexibility index (Phi) is 3.90. The molecule has 0 aliphatic carbocycles. The highest BCUT2D eigenvalue weighted by Gasteiger charge is 2.18. The molecule has 5 heteroatoms. The Hall–Kier alpha value is -1.75. The number of carbonyl (C=O) groups is 1. The van der Waals surface area contributed by atoms with Gasteiger partial charge in [0.05, 0.1) is 5.69 Å². The molecule has 1 aromatic heterocycles. The third-order valence-electron chi connectivity index (χ3n) is 2.93. The molecule has 2 rings (SSSR count). The van der Waals surface area contributed by atoms with Crippen molar-refractivity contribution in [3.05, 3.63) is 46.2 Å². The lowest BCUT2D eigenvalue weighted by Gasteiger charge is -2.14. The first-order chi connectivity index (χ1) is 9.27. The number of anilines is 1. The van der Waals surface area contributed by atoms with Crippen molar-refractivity contribution in [3.8, 4) is 0 Å². The average Bonchev–Trinajstić information content (AvgIpc) is 2.81. The molecule has 0 aliphatic heterocycles. The first-order valence-corrected chi connectivity index (χ1v) is 7.19. The van der Waals surface area contributed by atoms with E-state index in [4.69, 9.17) is 0 Å². The molecule has 2 aromatic rings. The molecule has 0 bridgehead atoms. The highest BCUT2D eigenvalue weighted by Crippen LogP contribution is 2.26. The number of amides is 1. The molecule has 0 spiro atoms. The van der Waals surface area contributed by atoms with Gasteiger partial charge in [-0.05, 0) is 24.6 Å². The van der Waals surface area contributed by atoms with Crippen molar-refractivity contribution in [2.75, 3.05) is 5.32 Å². The van der Waals surface area contributed by atoms with Gasteiger partial charge in [-0.25, -0.2) is 9.37 Å². The van der Waals surface area contributed by atoms with Gasteiger partial charge in [0.15, 0.2) is 5.13 Å². The lowest BCUT2D eigenvalue weighted by Crippen LogP contribution is -2.14. The van der Waals surface area contributed by atoms with E-state index >= 15 is 0 Å². The molecule has 0 aliphatic rings. The molecule has 0 unspecified atom stereocenters. The quantitative estimate of drug-likeness (QED) is 0.904. The maximum atomic E-state index is 13.4. The van der Waals surface area contributed by atoms with Gasteiger partial charge in [0, 0.05) is 16.4 Å². The van der Waals surface area contributed by atoms with E-state index in [1.807, 2.05) is 5.38 Å². The van der Waals surface area contributed by atoms with Crippen molar-refractivity contribution in [2.24, 2.45) is 0 Å². The van der Waals surface area contributed by atoms with Crippen LogP contribution in [-0.2, 0) is 5.41 Å². The molecule has 0 saturated carbocycles. The van der Waals surface area contributed by atoms with Gasteiger partial charge in [0.1, 0.15) is 5.82 Å². The van der Waals surface area contributed by atoms with Crippen molar-refractivity contribution >= 4 is 22.4 Å². The highest BCUT2D eigenvalue weighted by molar-refractivity contribution is 7.14. The fourth-order valence-corrected chi connectivity index (χ4v) is 2.51. The van der Waals surface area contributed by atoms with Crippen LogP contribution < -0.4 is 5.32 Å². The zero-order valence-corrected chi connectivity index (χ0v) is 12.8. The van der Waals surface area contributed by atoms with E-state index in [0.29, 0.717) is 16.3 Å². The van der Waals surface area contributed by atoms with E-state index < -0.39 is 0 Å². The summed E-state index contributed by atoms with van der Waals surface area (Å²) in [6.07, 6.45) is 0. The van der Waals surface area contributed by atoms with Crippen molar-refractivity contribution in [1.82, 2.24) is 4.98 Å². The first-order valence-electron chi connectivity index (χ1n) is 6.31. The van der Waals surface area contributed by atoms with E-state index in [-0.39, 0.29) is 17.1 Å². The minimum Gasteiger partial charge on any atom is -0.298 e. The standard InChI is InChI=1S/C15H17FN2OS/c1-9-5-6-10(7-11(9)16)13(19)18-14-17-12(8-20-14)15(2,3)4/h5-8H,1-4H3,(H,17,18,19). The van der Waals surface area contributed by atoms with Crippen LogP contribution in [0.15, 0.2) is 23.6 Å². The number of rotatable bonds is 2. The van der Waals surface area contributed by atoms with Crippen LogP contribution in [0.4, 0.5) is 9.52 Å². The molecule has 1 N–H and O–H groups in total. The monoisotopic (exact) mass is 292 g/mol. The SMILES string of the molecule is Cc1ccc(C(=O)Nc2nc(C(C)(C)C)cs2)cc1F. The largest absolute Gasteiger partial charge is 0.298 e. The molecular formula is C15H17FN2OS. The Morgan fingerprint density at radius 2 is 2.05 bits per heavy atom. The van der Waals surface area contributed by atoms with Gasteiger partial charge in [-0.15, -0.1) is 11.3 Å². The maximum Gasteiger partial charge on any atom is 0.257 e. The summed E-state index contributed by atoms with van der Waals surface area (Å²) < 4.78 is 13.4. The number of nitrogens with zero attached hydrogens (tertiary/aromatic N) is 1. The van der Waals surface area contributed by atoms with Crippen LogP contribution in [0.25, 0.3) is 0 Å². The topological polar surface area (TPSA) is 42.0 Å². The number of aromatic nitrogens is 1. The highest BCUT2D eigenvalue weighted by atomic mass is 32.1. The molecule has 3 nitrogen and oxygen atoms in total. The second-order valence-electron chi connectivity index (χ2n) is 5.71. The van der Waals surface area contributed by atoms with Gasteiger partial charge >= 0.3 is 0 Å². The predicted octanol–water partition coefficient (Wildman–Crippen LogP) is 4.14. The summed E-state index contributed by atoms with van der Waals surface area (Å²) >= 11 is 1.37. The van der Waals surface area contributed by atoms with E-state index in [2.05, 4.69) is 31.1 Å². The average molecular weight is 292 g/mol. The van der Waals surface area contributed by atoms with Crippen molar-refractivity contribution in [3.63, 3.8) is 0 Å². The number of carbonyl (C=O) groups excluding carboxylic acids is 1. The zero-order chi connectivity index (χ0) is 14.9. The summed E-state index contributed by atoms with van der Waals surface area (Å²) in [7, 11) is 0. The van der Waals surface area contributed by atoms with Gasteiger partial charge in [-0.2, -0.15) is 0 Å². The molecule has 1 aromatic carbocycles. The Bertz CT molecular complexity index is 644. The van der Waals surface area contributed by atoms with E-state index in [9.17, 15) is 9.18 Å². The van der Waals surface area contributed by atoms with Crippen molar-refractivity contribution in [2.45, 2.75) is 33.1 Å². The number of hydrogen-bond acceptors (Lipinski definition) is 3. The van der Waals surface area contributed by atoms with Gasteiger partial charge in [-0.1, -0.05) is 26.8 Å². The second kappa shape index (κ2) is 5.32. The third kappa shape index (κ3) is 3.22. The third-order valence-corrected chi connectivity index (χ3v) is 3.68. The Morgan fingerprint density at radius 3 is 2.60 bits per heavy atom. The van der Waals surface area contributed by atoms with E-state index in [1.165, 1.54) is 17.4 Å². The summed E-state index contributed by atoms with van der Waals surface area (Å²) in [5, 5.41) is 5.15. The lowest BCUT2D eigenvalue weighted by molar-refractivity contribution is 0.102. The van der Waals surface area contributed by atoms with Crippen LogP contribution in [0.3, 0.4) is 0 Å². The first kappa shape index (κ1) is 14.7. The summed E-state index contributed by atoms with van der Waals surface area (Å²) in [4.78, 5) is 16.4. The minimum absolute atomic E-state index is 0.0601. The normalized spacial score (nSPS) is 11.4. The summed E-state index contributed by atoms with van der Waals surface area (Å²) in [5.41, 5.74) is 1.68. The Labute approximate surface area is 121 Å². The maximum absolute atomic E-state index is 13.4. The molecule has 1 amide bonds. The molecule has 106 valence electrons. The number of benzene rings is 1. The number of nitrogens with one attached hydrogen (secondary N) is 1. The van der Waals surface area contributed by atoms with Crippen LogP contribution in [0.1, 0.15) is 42.4 Å². The predicted molar refractivity (Wildman–Crippen MR) is 79.9 cm³/mol. The fourth-order valence-electron chi connectivity index (χ4n) is 1.58. The molecule has 0 fully saturated rings. The Balaban J connectivity index is 2.15.